The first kappa shape index (κ1) is 15.2. The van der Waals surface area contributed by atoms with Crippen LogP contribution in [0.5, 0.6) is 0 Å². The molecule has 0 bridgehead atoms. The Balaban J connectivity index is 1.80. The highest BCUT2D eigenvalue weighted by molar-refractivity contribution is 7.87. The van der Waals surface area contributed by atoms with E-state index >= 15 is 0 Å². The van der Waals surface area contributed by atoms with Crippen LogP contribution in [0.2, 0.25) is 0 Å². The van der Waals surface area contributed by atoms with E-state index in [9.17, 15) is 8.42 Å². The SMILES string of the molecule is C[C@@H](CN1CCOCC1)NS(=O)(=O)N1CCCCC1. The van der Waals surface area contributed by atoms with E-state index in [2.05, 4.69) is 9.62 Å². The first-order valence-electron chi connectivity index (χ1n) is 7.15. The summed E-state index contributed by atoms with van der Waals surface area (Å²) < 4.78 is 34.1. The summed E-state index contributed by atoms with van der Waals surface area (Å²) in [6, 6.07) is -0.0648. The van der Waals surface area contributed by atoms with Crippen molar-refractivity contribution in [2.24, 2.45) is 0 Å². The Kier molecular flexibility index (Phi) is 5.58. The number of hydrogen-bond donors (Lipinski definition) is 1. The van der Waals surface area contributed by atoms with E-state index in [0.717, 1.165) is 52.1 Å². The molecule has 19 heavy (non-hydrogen) atoms. The van der Waals surface area contributed by atoms with Crippen LogP contribution >= 0.6 is 0 Å². The number of hydrogen-bond acceptors (Lipinski definition) is 4. The molecule has 2 heterocycles. The Morgan fingerprint density at radius 3 is 2.37 bits per heavy atom. The van der Waals surface area contributed by atoms with Gasteiger partial charge in [0.15, 0.2) is 0 Å². The van der Waals surface area contributed by atoms with Crippen molar-refractivity contribution in [3.63, 3.8) is 0 Å². The van der Waals surface area contributed by atoms with Crippen LogP contribution in [0.1, 0.15) is 26.2 Å². The zero-order valence-electron chi connectivity index (χ0n) is 11.7. The minimum absolute atomic E-state index is 0.0648. The van der Waals surface area contributed by atoms with Crippen LogP contribution in [-0.2, 0) is 14.9 Å². The van der Waals surface area contributed by atoms with Crippen molar-refractivity contribution in [1.82, 2.24) is 13.9 Å². The average Bonchev–Trinajstić information content (AvgIpc) is 2.40. The molecule has 6 nitrogen and oxygen atoms in total. The van der Waals surface area contributed by atoms with Crippen LogP contribution in [0.15, 0.2) is 0 Å². The van der Waals surface area contributed by atoms with Gasteiger partial charge < -0.3 is 4.74 Å². The Morgan fingerprint density at radius 1 is 1.11 bits per heavy atom. The number of rotatable bonds is 5. The highest BCUT2D eigenvalue weighted by Gasteiger charge is 2.26. The first-order chi connectivity index (χ1) is 9.08. The van der Waals surface area contributed by atoms with Gasteiger partial charge in [-0.1, -0.05) is 6.42 Å². The Hall–Kier alpha value is -0.210. The molecule has 0 aromatic heterocycles. The predicted octanol–water partition coefficient (Wildman–Crippen LogP) is 0.0274. The topological polar surface area (TPSA) is 61.9 Å². The smallest absolute Gasteiger partial charge is 0.279 e. The van der Waals surface area contributed by atoms with E-state index in [1.807, 2.05) is 6.92 Å². The van der Waals surface area contributed by atoms with Gasteiger partial charge in [0.2, 0.25) is 0 Å². The lowest BCUT2D eigenvalue weighted by atomic mass is 10.2. The Labute approximate surface area is 116 Å². The third-order valence-electron chi connectivity index (χ3n) is 3.64. The first-order valence-corrected chi connectivity index (χ1v) is 8.59. The fraction of sp³-hybridized carbons (Fsp3) is 1.00. The fourth-order valence-electron chi connectivity index (χ4n) is 2.64. The molecule has 0 unspecified atom stereocenters. The van der Waals surface area contributed by atoms with Gasteiger partial charge in [-0.15, -0.1) is 0 Å². The number of ether oxygens (including phenoxy) is 1. The molecule has 0 spiro atoms. The van der Waals surface area contributed by atoms with Crippen LogP contribution in [0.25, 0.3) is 0 Å². The van der Waals surface area contributed by atoms with Crippen LogP contribution in [0, 0.1) is 0 Å². The molecule has 7 heteroatoms. The molecule has 0 amide bonds. The Bertz CT molecular complexity index is 362. The van der Waals surface area contributed by atoms with E-state index in [1.54, 1.807) is 4.31 Å². The van der Waals surface area contributed by atoms with Gasteiger partial charge in [-0.25, -0.2) is 0 Å². The maximum Gasteiger partial charge on any atom is 0.279 e. The zero-order chi connectivity index (χ0) is 13.7. The van der Waals surface area contributed by atoms with Crippen LogP contribution in [0.3, 0.4) is 0 Å². The lowest BCUT2D eigenvalue weighted by Gasteiger charge is -2.31. The molecule has 0 aliphatic carbocycles. The van der Waals surface area contributed by atoms with Crippen molar-refractivity contribution in [2.45, 2.75) is 32.2 Å². The molecule has 0 radical (unpaired) electrons. The van der Waals surface area contributed by atoms with E-state index in [-0.39, 0.29) is 6.04 Å². The molecular formula is C12H25N3O3S. The summed E-state index contributed by atoms with van der Waals surface area (Å²) in [5.74, 6) is 0. The minimum atomic E-state index is -3.31. The molecule has 2 saturated heterocycles. The molecule has 0 aromatic rings. The van der Waals surface area contributed by atoms with E-state index < -0.39 is 10.2 Å². The van der Waals surface area contributed by atoms with Crippen molar-refractivity contribution in [1.29, 1.82) is 0 Å². The molecule has 1 atom stereocenters. The number of nitrogens with one attached hydrogen (secondary N) is 1. The minimum Gasteiger partial charge on any atom is -0.379 e. The monoisotopic (exact) mass is 291 g/mol. The van der Waals surface area contributed by atoms with Crippen LogP contribution in [0.4, 0.5) is 0 Å². The maximum atomic E-state index is 12.2. The van der Waals surface area contributed by atoms with Crippen molar-refractivity contribution >= 4 is 10.2 Å². The summed E-state index contributed by atoms with van der Waals surface area (Å²) in [5, 5.41) is 0. The van der Waals surface area contributed by atoms with Gasteiger partial charge in [0.25, 0.3) is 10.2 Å². The lowest BCUT2D eigenvalue weighted by Crippen LogP contribution is -2.50. The molecule has 112 valence electrons. The van der Waals surface area contributed by atoms with Crippen molar-refractivity contribution in [3.8, 4) is 0 Å². The molecule has 2 aliphatic heterocycles. The fourth-order valence-corrected chi connectivity index (χ4v) is 4.11. The van der Waals surface area contributed by atoms with Gasteiger partial charge in [0, 0.05) is 38.8 Å². The van der Waals surface area contributed by atoms with Crippen molar-refractivity contribution in [2.75, 3.05) is 45.9 Å². The van der Waals surface area contributed by atoms with Gasteiger partial charge >= 0.3 is 0 Å². The summed E-state index contributed by atoms with van der Waals surface area (Å²) in [6.07, 6.45) is 3.08. The third-order valence-corrected chi connectivity index (χ3v) is 5.39. The second-order valence-electron chi connectivity index (χ2n) is 5.40. The second-order valence-corrected chi connectivity index (χ2v) is 7.10. The van der Waals surface area contributed by atoms with Gasteiger partial charge in [0.05, 0.1) is 13.2 Å². The molecule has 2 rings (SSSR count). The Morgan fingerprint density at radius 2 is 1.74 bits per heavy atom. The number of piperidine rings is 1. The lowest BCUT2D eigenvalue weighted by molar-refractivity contribution is 0.0353. The molecule has 2 aliphatic rings. The van der Waals surface area contributed by atoms with Crippen molar-refractivity contribution in [3.05, 3.63) is 0 Å². The van der Waals surface area contributed by atoms with E-state index in [4.69, 9.17) is 4.74 Å². The quantitative estimate of drug-likeness (QED) is 0.776. The van der Waals surface area contributed by atoms with Crippen LogP contribution < -0.4 is 4.72 Å². The summed E-state index contributed by atoms with van der Waals surface area (Å²) >= 11 is 0. The van der Waals surface area contributed by atoms with Crippen molar-refractivity contribution < 1.29 is 13.2 Å². The zero-order valence-corrected chi connectivity index (χ0v) is 12.5. The predicted molar refractivity (Wildman–Crippen MR) is 74.2 cm³/mol. The van der Waals surface area contributed by atoms with Gasteiger partial charge in [-0.2, -0.15) is 17.4 Å². The summed E-state index contributed by atoms with van der Waals surface area (Å²) in [4.78, 5) is 2.24. The van der Waals surface area contributed by atoms with Gasteiger partial charge in [0.1, 0.15) is 0 Å². The second kappa shape index (κ2) is 6.99. The standard InChI is InChI=1S/C12H25N3O3S/c1-12(11-14-7-9-18-10-8-14)13-19(16,17)15-5-3-2-4-6-15/h12-13H,2-11H2,1H3/t12-/m0/s1. The van der Waals surface area contributed by atoms with Gasteiger partial charge in [-0.3, -0.25) is 4.90 Å². The molecule has 0 saturated carbocycles. The summed E-state index contributed by atoms with van der Waals surface area (Å²) in [7, 11) is -3.31. The van der Waals surface area contributed by atoms with E-state index in [1.165, 1.54) is 0 Å². The largest absolute Gasteiger partial charge is 0.379 e. The summed E-state index contributed by atoms with van der Waals surface area (Å²) in [5.41, 5.74) is 0. The maximum absolute atomic E-state index is 12.2. The molecule has 2 fully saturated rings. The van der Waals surface area contributed by atoms with Crippen LogP contribution in [-0.4, -0.2) is 69.6 Å². The number of nitrogens with zero attached hydrogens (tertiary/aromatic N) is 2. The molecule has 0 aromatic carbocycles. The summed E-state index contributed by atoms with van der Waals surface area (Å²) in [6.45, 7) is 7.23. The molecule has 1 N–H and O–H groups in total. The van der Waals surface area contributed by atoms with Gasteiger partial charge in [-0.05, 0) is 19.8 Å². The van der Waals surface area contributed by atoms with E-state index in [0.29, 0.717) is 13.1 Å². The average molecular weight is 291 g/mol. The highest BCUT2D eigenvalue weighted by atomic mass is 32.2. The third kappa shape index (κ3) is 4.68. The number of morpholine rings is 1. The normalized spacial score (nSPS) is 25.3. The highest BCUT2D eigenvalue weighted by Crippen LogP contribution is 2.12. The molecular weight excluding hydrogens is 266 g/mol.